The Bertz CT molecular complexity index is 164. The van der Waals surface area contributed by atoms with E-state index in [0.717, 1.165) is 0 Å². The second-order valence-electron chi connectivity index (χ2n) is 4.07. The first-order valence-electron chi connectivity index (χ1n) is 2.80. The van der Waals surface area contributed by atoms with Crippen molar-refractivity contribution in [2.45, 2.75) is 0 Å². The molecule has 0 atom stereocenters. The van der Waals surface area contributed by atoms with Gasteiger partial charge in [0.2, 0.25) is 0 Å². The molecule has 0 aliphatic heterocycles. The fourth-order valence-corrected chi connectivity index (χ4v) is 0. The molecule has 0 aliphatic carbocycles. The number of hydrogen-bond donors (Lipinski definition) is 0. The zero-order chi connectivity index (χ0) is 7.95. The minimum absolute atomic E-state index is 0. The summed E-state index contributed by atoms with van der Waals surface area (Å²) in [5.74, 6) is 0. The minimum Gasteiger partial charge on any atom is -0.785 e. The fraction of sp³-hybridized carbons (Fsp3) is 1.00. The topological polar surface area (TPSA) is 22.3 Å². The number of rotatable bonds is 1. The van der Waals surface area contributed by atoms with Crippen molar-refractivity contribution in [2.24, 2.45) is 0 Å². The minimum atomic E-state index is -2.00. The molecule has 0 saturated carbocycles. The maximum absolute atomic E-state index is 9.96. The predicted molar refractivity (Wildman–Crippen MR) is 53.9 cm³/mol. The molecule has 0 aromatic heterocycles. The molecule has 0 aliphatic rings. The van der Waals surface area contributed by atoms with Gasteiger partial charge in [0.1, 0.15) is 0 Å². The average molecular weight is 175 g/mol. The van der Waals surface area contributed by atoms with Gasteiger partial charge in [0.05, 0.1) is 0 Å². The van der Waals surface area contributed by atoms with Crippen molar-refractivity contribution in [3.05, 3.63) is 4.78 Å². The van der Waals surface area contributed by atoms with E-state index in [-0.39, 0.29) is 18.9 Å². The van der Waals surface area contributed by atoms with Crippen LogP contribution in [-0.2, 0) is 7.99 Å². The molecular formula is C6H18LiNS2. The molecule has 0 heterocycles. The van der Waals surface area contributed by atoms with E-state index in [1.807, 2.05) is 18.8 Å². The van der Waals surface area contributed by atoms with E-state index >= 15 is 0 Å². The molecule has 0 N–H and O–H groups in total. The van der Waals surface area contributed by atoms with Crippen molar-refractivity contribution in [3.8, 4) is 0 Å². The summed E-state index contributed by atoms with van der Waals surface area (Å²) in [6.45, 7) is 0. The van der Waals surface area contributed by atoms with Crippen molar-refractivity contribution in [2.75, 3.05) is 37.5 Å². The number of hydrogen-bond acceptors (Lipinski definition) is 0. The van der Waals surface area contributed by atoms with Gasteiger partial charge in [-0.2, -0.15) is 0 Å². The summed E-state index contributed by atoms with van der Waals surface area (Å²) >= 11 is 0. The van der Waals surface area contributed by atoms with Crippen LogP contribution >= 0.6 is 9.06 Å². The van der Waals surface area contributed by atoms with Crippen LogP contribution < -0.4 is 18.9 Å². The summed E-state index contributed by atoms with van der Waals surface area (Å²) in [5, 5.41) is 0. The smallest absolute Gasteiger partial charge is 0.785 e. The molecule has 10 heavy (non-hydrogen) atoms. The Balaban J connectivity index is 0. The van der Waals surface area contributed by atoms with Gasteiger partial charge in [0, 0.05) is 0 Å². The maximum Gasteiger partial charge on any atom is 1.00 e. The van der Waals surface area contributed by atoms with E-state index < -0.39 is 17.0 Å². The van der Waals surface area contributed by atoms with Gasteiger partial charge in [-0.3, -0.25) is 0 Å². The molecule has 4 heteroatoms. The van der Waals surface area contributed by atoms with Crippen molar-refractivity contribution in [3.63, 3.8) is 0 Å². The van der Waals surface area contributed by atoms with E-state index in [1.54, 1.807) is 0 Å². The molecule has 0 spiro atoms. The van der Waals surface area contributed by atoms with Crippen molar-refractivity contribution in [1.82, 2.24) is 0 Å². The third-order valence-electron chi connectivity index (χ3n) is 1.72. The predicted octanol–water partition coefficient (Wildman–Crippen LogP) is -1.07. The second kappa shape index (κ2) is 2.86. The van der Waals surface area contributed by atoms with E-state index in [2.05, 4.69) is 18.8 Å². The maximum atomic E-state index is 9.96. The van der Waals surface area contributed by atoms with Gasteiger partial charge in [-0.1, -0.05) is 0 Å². The van der Waals surface area contributed by atoms with Crippen LogP contribution in [0, 0.1) is 0 Å². The van der Waals surface area contributed by atoms with Gasteiger partial charge in [-0.25, -0.2) is 9.06 Å². The van der Waals surface area contributed by atoms with Crippen LogP contribution in [0.4, 0.5) is 0 Å². The Morgan fingerprint density at radius 3 is 1.10 bits per heavy atom. The van der Waals surface area contributed by atoms with Crippen molar-refractivity contribution >= 4 is 17.0 Å². The van der Waals surface area contributed by atoms with Crippen LogP contribution in [0.1, 0.15) is 0 Å². The second-order valence-corrected chi connectivity index (χ2v) is 18.7. The van der Waals surface area contributed by atoms with E-state index in [9.17, 15) is 4.78 Å². The molecule has 0 amide bonds. The Kier molecular flexibility index (Phi) is 3.91. The standard InChI is InChI=1S/C6H18NS2.Li/c1-8(2,3)9(4,5,6)7;/h1-6H3;/q-1;+1. The average Bonchev–Trinajstić information content (AvgIpc) is 1.20. The fourth-order valence-electron chi connectivity index (χ4n) is 0. The van der Waals surface area contributed by atoms with Gasteiger partial charge in [0.15, 0.2) is 0 Å². The molecule has 1 nitrogen and oxygen atoms in total. The molecule has 0 fully saturated rings. The number of nitrogens with zero attached hydrogens (tertiary/aromatic N) is 1. The Hall–Kier alpha value is 1.10. The summed E-state index contributed by atoms with van der Waals surface area (Å²) in [5.41, 5.74) is 0. The van der Waals surface area contributed by atoms with Crippen LogP contribution in [0.15, 0.2) is 0 Å². The summed E-state index contributed by atoms with van der Waals surface area (Å²) in [7, 11) is -2.78. The van der Waals surface area contributed by atoms with Gasteiger partial charge in [-0.05, 0) is 37.5 Å². The van der Waals surface area contributed by atoms with E-state index in [0.29, 0.717) is 0 Å². The zero-order valence-corrected chi connectivity index (χ0v) is 9.90. The van der Waals surface area contributed by atoms with Crippen LogP contribution in [0.25, 0.3) is 4.78 Å². The van der Waals surface area contributed by atoms with Crippen LogP contribution in [0.5, 0.6) is 0 Å². The first-order valence-corrected chi connectivity index (χ1v) is 9.40. The molecule has 0 aromatic rings. The van der Waals surface area contributed by atoms with Crippen LogP contribution in [0.3, 0.4) is 0 Å². The molecule has 0 saturated heterocycles. The van der Waals surface area contributed by atoms with Crippen molar-refractivity contribution in [1.29, 1.82) is 0 Å². The molecule has 0 radical (unpaired) electrons. The Morgan fingerprint density at radius 1 is 1.00 bits per heavy atom. The normalized spacial score (nSPS) is 18.4. The molecule has 0 aromatic carbocycles. The molecule has 60 valence electrons. The third-order valence-corrected chi connectivity index (χ3v) is 15.5. The first kappa shape index (κ1) is 13.7. The van der Waals surface area contributed by atoms with Crippen LogP contribution in [0.2, 0.25) is 0 Å². The largest absolute Gasteiger partial charge is 1.00 e. The van der Waals surface area contributed by atoms with Crippen LogP contribution in [-0.4, -0.2) is 37.5 Å². The molecule has 0 unspecified atom stereocenters. The molecular weight excluding hydrogens is 157 g/mol. The van der Waals surface area contributed by atoms with Crippen molar-refractivity contribution < 1.29 is 18.9 Å². The Labute approximate surface area is 78.1 Å². The molecule has 0 bridgehead atoms. The quantitative estimate of drug-likeness (QED) is 0.358. The Morgan fingerprint density at radius 2 is 1.10 bits per heavy atom. The third kappa shape index (κ3) is 3.48. The zero-order valence-electron chi connectivity index (χ0n) is 8.26. The first-order chi connectivity index (χ1) is 3.51. The SMILES string of the molecule is CS(C)(C)S(C)(C)(C)=[N-].[Li+]. The van der Waals surface area contributed by atoms with Gasteiger partial charge < -0.3 is 12.8 Å². The van der Waals surface area contributed by atoms with E-state index in [4.69, 9.17) is 0 Å². The summed E-state index contributed by atoms with van der Waals surface area (Å²) in [4.78, 5) is 0. The van der Waals surface area contributed by atoms with Gasteiger partial charge in [-0.15, -0.1) is 0 Å². The van der Waals surface area contributed by atoms with E-state index in [1.165, 1.54) is 0 Å². The van der Waals surface area contributed by atoms with Gasteiger partial charge in [0.25, 0.3) is 0 Å². The molecule has 0 rings (SSSR count). The monoisotopic (exact) mass is 175 g/mol. The summed E-state index contributed by atoms with van der Waals surface area (Å²) in [6.07, 6.45) is 12.5. The summed E-state index contributed by atoms with van der Waals surface area (Å²) in [6, 6.07) is 0. The van der Waals surface area contributed by atoms with Gasteiger partial charge >= 0.3 is 18.9 Å². The summed E-state index contributed by atoms with van der Waals surface area (Å²) < 4.78 is 9.96.